The van der Waals surface area contributed by atoms with E-state index in [2.05, 4.69) is 4.52 Å². The van der Waals surface area contributed by atoms with Crippen LogP contribution in [0.15, 0.2) is 0 Å². The molecule has 21 heavy (non-hydrogen) atoms. The van der Waals surface area contributed by atoms with Crippen LogP contribution in [0.5, 0.6) is 0 Å². The van der Waals surface area contributed by atoms with Crippen LogP contribution in [0.4, 0.5) is 0 Å². The molecule has 128 valence electrons. The van der Waals surface area contributed by atoms with E-state index in [1.54, 1.807) is 0 Å². The first-order valence-corrected chi connectivity index (χ1v) is 7.97. The average molecular weight is 331 g/mol. The highest BCUT2D eigenvalue weighted by Crippen LogP contribution is 2.41. The maximum absolute atomic E-state index is 11.7. The lowest BCUT2D eigenvalue weighted by Crippen LogP contribution is -2.44. The van der Waals surface area contributed by atoms with Gasteiger partial charge < -0.3 is 38.9 Å². The molecule has 4 N–H and O–H groups in total. The average Bonchev–Trinajstić information content (AvgIpc) is 2.33. The molecule has 4 atom stereocenters. The van der Waals surface area contributed by atoms with Crippen molar-refractivity contribution in [3.05, 3.63) is 0 Å². The number of nitrogens with zero attached hydrogens (tertiary/aromatic N) is 1. The molecule has 0 saturated heterocycles. The Morgan fingerprint density at radius 1 is 1.14 bits per heavy atom. The van der Waals surface area contributed by atoms with Crippen molar-refractivity contribution in [3.63, 3.8) is 0 Å². The number of likely N-dealkylation sites (N-methyl/N-ethyl adjacent to an activating group) is 1. The Morgan fingerprint density at radius 2 is 1.67 bits per heavy atom. The van der Waals surface area contributed by atoms with Crippen molar-refractivity contribution in [1.29, 1.82) is 0 Å². The number of rotatable bonds is 11. The Morgan fingerprint density at radius 3 is 2.10 bits per heavy atom. The first-order valence-electron chi connectivity index (χ1n) is 6.51. The Labute approximate surface area is 124 Å². The third-order valence-electron chi connectivity index (χ3n) is 2.41. The second-order valence-electron chi connectivity index (χ2n) is 5.85. The van der Waals surface area contributed by atoms with Gasteiger partial charge in [0.25, 0.3) is 7.82 Å². The molecule has 0 heterocycles. The number of aliphatic hydroxyl groups is 4. The molecule has 0 aromatic carbocycles. The van der Waals surface area contributed by atoms with E-state index >= 15 is 0 Å². The zero-order chi connectivity index (χ0) is 16.7. The van der Waals surface area contributed by atoms with E-state index in [0.29, 0.717) is 4.48 Å². The molecule has 0 aromatic heterocycles. The smallest absolute Gasteiger partial charge is 0.268 e. The van der Waals surface area contributed by atoms with E-state index in [4.69, 9.17) is 19.8 Å². The fraction of sp³-hybridized carbons (Fsp3) is 1.00. The van der Waals surface area contributed by atoms with Crippen molar-refractivity contribution in [2.24, 2.45) is 0 Å². The summed E-state index contributed by atoms with van der Waals surface area (Å²) in [5.74, 6) is 0. The molecule has 0 spiro atoms. The zero-order valence-corrected chi connectivity index (χ0v) is 13.5. The lowest BCUT2D eigenvalue weighted by Gasteiger charge is -2.33. The third kappa shape index (κ3) is 11.2. The van der Waals surface area contributed by atoms with Gasteiger partial charge >= 0.3 is 0 Å². The van der Waals surface area contributed by atoms with Gasteiger partial charge in [0.1, 0.15) is 18.8 Å². The van der Waals surface area contributed by atoms with Crippen molar-refractivity contribution in [3.8, 4) is 0 Å². The summed E-state index contributed by atoms with van der Waals surface area (Å²) in [5.41, 5.74) is 0. The summed E-state index contributed by atoms with van der Waals surface area (Å²) < 4.78 is 21.4. The Kier molecular flexibility index (Phi) is 9.10. The monoisotopic (exact) mass is 331 g/mol. The minimum Gasteiger partial charge on any atom is -0.756 e. The lowest BCUT2D eigenvalue weighted by molar-refractivity contribution is -0.873. The maximum atomic E-state index is 11.7. The molecule has 0 bridgehead atoms. The first kappa shape index (κ1) is 20.9. The van der Waals surface area contributed by atoms with E-state index < -0.39 is 46.0 Å². The van der Waals surface area contributed by atoms with E-state index in [1.165, 1.54) is 0 Å². The molecule has 9 nitrogen and oxygen atoms in total. The van der Waals surface area contributed by atoms with Gasteiger partial charge in [-0.05, 0) is 0 Å². The van der Waals surface area contributed by atoms with Crippen LogP contribution in [0.1, 0.15) is 6.42 Å². The second-order valence-corrected chi connectivity index (χ2v) is 7.22. The molecule has 0 aliphatic carbocycles. The number of phosphoric ester groups is 1. The Hall–Kier alpha value is -0.0900. The highest BCUT2D eigenvalue weighted by atomic mass is 31.2. The predicted octanol–water partition coefficient (Wildman–Crippen LogP) is -2.34. The molecule has 0 radical (unpaired) electrons. The van der Waals surface area contributed by atoms with Crippen molar-refractivity contribution in [1.82, 2.24) is 0 Å². The highest BCUT2D eigenvalue weighted by molar-refractivity contribution is 7.45. The standard InChI is InChI=1S/C11H26NO8P/c1-12(2,3)5-11(4-9(15)6-13)20-21(17,18)19-8-10(16)7-14/h9-11,13-16H,4-8H2,1-3H3/t9?,10-,11?/m1/s1. The zero-order valence-electron chi connectivity index (χ0n) is 12.6. The number of aliphatic hydroxyl groups excluding tert-OH is 4. The summed E-state index contributed by atoms with van der Waals surface area (Å²) in [5, 5.41) is 35.9. The number of quaternary nitrogens is 1. The summed E-state index contributed by atoms with van der Waals surface area (Å²) in [7, 11) is 0.748. The number of hydrogen-bond donors (Lipinski definition) is 4. The van der Waals surface area contributed by atoms with Crippen LogP contribution in [0, 0.1) is 0 Å². The minimum absolute atomic E-state index is 0.0792. The number of phosphoric acid groups is 1. The van der Waals surface area contributed by atoms with Gasteiger partial charge in [-0.3, -0.25) is 4.57 Å². The molecule has 0 amide bonds. The summed E-state index contributed by atoms with van der Waals surface area (Å²) in [6, 6.07) is 0. The molecular formula is C11H26NO8P. The molecule has 10 heteroatoms. The van der Waals surface area contributed by atoms with Crippen LogP contribution in [0.3, 0.4) is 0 Å². The van der Waals surface area contributed by atoms with Gasteiger partial charge in [-0.15, -0.1) is 0 Å². The first-order chi connectivity index (χ1) is 9.49. The molecule has 0 aliphatic heterocycles. The van der Waals surface area contributed by atoms with E-state index in [9.17, 15) is 14.6 Å². The fourth-order valence-corrected chi connectivity index (χ4v) is 2.52. The topological polar surface area (TPSA) is 140 Å². The maximum Gasteiger partial charge on any atom is 0.268 e. The van der Waals surface area contributed by atoms with Crippen LogP contribution in [-0.4, -0.2) is 90.7 Å². The number of hydrogen-bond acceptors (Lipinski definition) is 8. The summed E-state index contributed by atoms with van der Waals surface area (Å²) >= 11 is 0. The van der Waals surface area contributed by atoms with Crippen molar-refractivity contribution >= 4 is 7.82 Å². The van der Waals surface area contributed by atoms with Crippen molar-refractivity contribution < 1.29 is 43.4 Å². The molecular weight excluding hydrogens is 305 g/mol. The van der Waals surface area contributed by atoms with E-state index in [-0.39, 0.29) is 13.0 Å². The van der Waals surface area contributed by atoms with Gasteiger partial charge in [0, 0.05) is 6.42 Å². The second kappa shape index (κ2) is 9.14. The minimum atomic E-state index is -4.69. The van der Waals surface area contributed by atoms with Gasteiger partial charge in [-0.25, -0.2) is 0 Å². The van der Waals surface area contributed by atoms with Crippen molar-refractivity contribution in [2.45, 2.75) is 24.7 Å². The van der Waals surface area contributed by atoms with Gasteiger partial charge in [-0.1, -0.05) is 0 Å². The quantitative estimate of drug-likeness (QED) is 0.244. The van der Waals surface area contributed by atoms with Crippen LogP contribution >= 0.6 is 7.82 Å². The van der Waals surface area contributed by atoms with Crippen LogP contribution < -0.4 is 4.89 Å². The van der Waals surface area contributed by atoms with E-state index in [1.807, 2.05) is 21.1 Å². The summed E-state index contributed by atoms with van der Waals surface area (Å²) in [4.78, 5) is 11.7. The lowest BCUT2D eigenvalue weighted by atomic mass is 10.1. The summed E-state index contributed by atoms with van der Waals surface area (Å²) in [6.07, 6.45) is -3.40. The van der Waals surface area contributed by atoms with Gasteiger partial charge in [0.05, 0.1) is 47.1 Å². The molecule has 0 rings (SSSR count). The molecule has 0 aromatic rings. The Bertz CT molecular complexity index is 335. The van der Waals surface area contributed by atoms with Gasteiger partial charge in [-0.2, -0.15) is 0 Å². The Balaban J connectivity index is 4.65. The van der Waals surface area contributed by atoms with Gasteiger partial charge in [0.15, 0.2) is 0 Å². The van der Waals surface area contributed by atoms with Crippen LogP contribution in [0.25, 0.3) is 0 Å². The van der Waals surface area contributed by atoms with Gasteiger partial charge in [0.2, 0.25) is 0 Å². The summed E-state index contributed by atoms with van der Waals surface area (Å²) in [6.45, 7) is -1.50. The third-order valence-corrected chi connectivity index (χ3v) is 3.43. The molecule has 0 fully saturated rings. The normalized spacial score (nSPS) is 19.8. The van der Waals surface area contributed by atoms with Crippen LogP contribution in [0.2, 0.25) is 0 Å². The molecule has 0 aliphatic rings. The predicted molar refractivity (Wildman–Crippen MR) is 72.1 cm³/mol. The van der Waals surface area contributed by atoms with Crippen molar-refractivity contribution in [2.75, 3.05) is 47.5 Å². The SMILES string of the molecule is C[N+](C)(C)CC(CC(O)CO)OP(=O)([O-])OC[C@H](O)CO. The molecule has 3 unspecified atom stereocenters. The highest BCUT2D eigenvalue weighted by Gasteiger charge is 2.26. The van der Waals surface area contributed by atoms with E-state index in [0.717, 1.165) is 0 Å². The van der Waals surface area contributed by atoms with Crippen LogP contribution in [-0.2, 0) is 13.6 Å². The fourth-order valence-electron chi connectivity index (χ4n) is 1.58. The largest absolute Gasteiger partial charge is 0.756 e. The molecule has 0 saturated carbocycles.